The average Bonchev–Trinajstić information content (AvgIpc) is 3.65. The topological polar surface area (TPSA) is 136 Å². The van der Waals surface area contributed by atoms with Gasteiger partial charge in [-0.1, -0.05) is 26.0 Å². The number of anilines is 2. The Labute approximate surface area is 252 Å². The number of nitrogens with zero attached hydrogens (tertiary/aromatic N) is 5. The Hall–Kier alpha value is -5.00. The normalized spacial score (nSPS) is 17.0. The first-order chi connectivity index (χ1) is 20.8. The maximum absolute atomic E-state index is 13.9. The lowest BCUT2D eigenvalue weighted by atomic mass is 9.69. The monoisotopic (exact) mass is 599 g/mol. The molecule has 4 N–H and O–H groups in total. The molecular formula is C30H26BF4N9. The lowest BCUT2D eigenvalue weighted by Crippen LogP contribution is -2.53. The third-order valence-corrected chi connectivity index (χ3v) is 7.86. The smallest absolute Gasteiger partial charge is 0.383 e. The fourth-order valence-electron chi connectivity index (χ4n) is 5.10. The SMILES string of the molecule is [B]C(Nc1cc(C#N)c2ncc(C#N)c(NCC(C)(C)CC#N)c2c1)(C1=CN(C2(C(F)(F)F)CC2)NN1)c1ccc(F)cc1. The van der Waals surface area contributed by atoms with E-state index in [0.717, 1.165) is 5.01 Å². The fraction of sp³-hybridized carbons (Fsp3) is 0.333. The zero-order valence-corrected chi connectivity index (χ0v) is 23.8. The largest absolute Gasteiger partial charge is 0.413 e. The third kappa shape index (κ3) is 5.43. The van der Waals surface area contributed by atoms with E-state index in [9.17, 15) is 33.3 Å². The standard InChI is InChI=1S/C30H26BF4N9/c1-27(2,9-10-36)17-40-26-19(14-38)15-39-25-18(13-37)11-22(12-23(25)26)41-29(31,20-3-5-21(32)6-4-20)24-16-44(43-42-24)28(7-8-28)30(33,34)35/h3-6,11-12,15-16,41-43H,7-9,17H2,1-2H3,(H,39,40). The van der Waals surface area contributed by atoms with Crippen LogP contribution in [0.2, 0.25) is 0 Å². The van der Waals surface area contributed by atoms with Gasteiger partial charge in [-0.15, -0.1) is 5.53 Å². The molecule has 222 valence electrons. The molecule has 0 spiro atoms. The van der Waals surface area contributed by atoms with Crippen molar-refractivity contribution in [3.8, 4) is 18.2 Å². The van der Waals surface area contributed by atoms with Crippen LogP contribution < -0.4 is 21.6 Å². The van der Waals surface area contributed by atoms with Crippen molar-refractivity contribution in [1.82, 2.24) is 21.0 Å². The van der Waals surface area contributed by atoms with Crippen molar-refractivity contribution in [3.05, 3.63) is 77.0 Å². The van der Waals surface area contributed by atoms with Gasteiger partial charge in [-0.3, -0.25) is 9.99 Å². The summed E-state index contributed by atoms with van der Waals surface area (Å²) in [5.74, 6) is -0.541. The number of pyridine rings is 1. The van der Waals surface area contributed by atoms with Crippen molar-refractivity contribution < 1.29 is 17.6 Å². The van der Waals surface area contributed by atoms with Crippen LogP contribution in [0.15, 0.2) is 54.5 Å². The zero-order valence-electron chi connectivity index (χ0n) is 23.8. The molecule has 2 heterocycles. The van der Waals surface area contributed by atoms with Crippen LogP contribution in [0.5, 0.6) is 0 Å². The highest BCUT2D eigenvalue weighted by molar-refractivity contribution is 6.19. The number of hydrogen-bond acceptors (Lipinski definition) is 9. The summed E-state index contributed by atoms with van der Waals surface area (Å²) in [5.41, 5.74) is 2.69. The van der Waals surface area contributed by atoms with Gasteiger partial charge in [0.25, 0.3) is 0 Å². The second-order valence-electron chi connectivity index (χ2n) is 11.7. The molecule has 3 aromatic rings. The van der Waals surface area contributed by atoms with Crippen molar-refractivity contribution in [2.75, 3.05) is 17.2 Å². The molecule has 1 aromatic heterocycles. The summed E-state index contributed by atoms with van der Waals surface area (Å²) in [7, 11) is 6.91. The number of rotatable bonds is 9. The van der Waals surface area contributed by atoms with E-state index in [-0.39, 0.29) is 41.8 Å². The number of halogens is 4. The first-order valence-corrected chi connectivity index (χ1v) is 13.6. The van der Waals surface area contributed by atoms with Gasteiger partial charge in [0.2, 0.25) is 0 Å². The summed E-state index contributed by atoms with van der Waals surface area (Å²) in [6, 6.07) is 14.6. The second-order valence-corrected chi connectivity index (χ2v) is 11.7. The van der Waals surface area contributed by atoms with Crippen LogP contribution in [0.3, 0.4) is 0 Å². The van der Waals surface area contributed by atoms with E-state index in [1.54, 1.807) is 6.07 Å². The van der Waals surface area contributed by atoms with Crippen LogP contribution in [0.25, 0.3) is 10.9 Å². The van der Waals surface area contributed by atoms with Gasteiger partial charge in [-0.25, -0.2) is 4.39 Å². The first kappa shape index (κ1) is 30.5. The van der Waals surface area contributed by atoms with Crippen LogP contribution in [-0.4, -0.2) is 36.1 Å². The molecule has 1 saturated carbocycles. The van der Waals surface area contributed by atoms with E-state index < -0.39 is 28.4 Å². The van der Waals surface area contributed by atoms with E-state index in [1.807, 2.05) is 13.8 Å². The van der Waals surface area contributed by atoms with Gasteiger partial charge in [-0.2, -0.15) is 29.0 Å². The minimum atomic E-state index is -4.51. The molecule has 9 nitrogen and oxygen atoms in total. The van der Waals surface area contributed by atoms with Gasteiger partial charge in [-0.05, 0) is 48.1 Å². The molecule has 1 fully saturated rings. The van der Waals surface area contributed by atoms with Gasteiger partial charge in [0.15, 0.2) is 5.54 Å². The Balaban J connectivity index is 1.62. The molecule has 2 aliphatic rings. The lowest BCUT2D eigenvalue weighted by molar-refractivity contribution is -0.195. The highest BCUT2D eigenvalue weighted by Gasteiger charge is 2.67. The van der Waals surface area contributed by atoms with Crippen LogP contribution in [-0.2, 0) is 5.44 Å². The predicted molar refractivity (Wildman–Crippen MR) is 155 cm³/mol. The van der Waals surface area contributed by atoms with Gasteiger partial charge < -0.3 is 16.1 Å². The predicted octanol–water partition coefficient (Wildman–Crippen LogP) is 5.16. The quantitative estimate of drug-likeness (QED) is 0.194. The number of nitriles is 3. The molecule has 14 heteroatoms. The number of hydrogen-bond donors (Lipinski definition) is 4. The molecule has 2 aromatic carbocycles. The molecule has 2 radical (unpaired) electrons. The summed E-state index contributed by atoms with van der Waals surface area (Å²) in [4.78, 5) is 4.33. The van der Waals surface area contributed by atoms with E-state index >= 15 is 0 Å². The number of fused-ring (bicyclic) bond motifs is 1. The van der Waals surface area contributed by atoms with Crippen LogP contribution in [0, 0.1) is 45.2 Å². The van der Waals surface area contributed by atoms with Gasteiger partial charge in [0.1, 0.15) is 25.8 Å². The average molecular weight is 599 g/mol. The number of aromatic nitrogens is 1. The fourth-order valence-corrected chi connectivity index (χ4v) is 5.10. The van der Waals surface area contributed by atoms with Crippen molar-refractivity contribution in [1.29, 1.82) is 15.8 Å². The number of benzene rings is 2. The number of hydrazine groups is 2. The Morgan fingerprint density at radius 3 is 2.34 bits per heavy atom. The molecule has 1 unspecified atom stereocenters. The number of nitrogens with one attached hydrogen (secondary N) is 4. The summed E-state index contributed by atoms with van der Waals surface area (Å²) >= 11 is 0. The molecule has 5 rings (SSSR count). The Morgan fingerprint density at radius 1 is 1.07 bits per heavy atom. The molecule has 0 bridgehead atoms. The summed E-state index contributed by atoms with van der Waals surface area (Å²) in [5, 5.41) is 36.8. The summed E-state index contributed by atoms with van der Waals surface area (Å²) in [6.45, 7) is 4.10. The Morgan fingerprint density at radius 2 is 1.75 bits per heavy atom. The highest BCUT2D eigenvalue weighted by atomic mass is 19.4. The summed E-state index contributed by atoms with van der Waals surface area (Å²) < 4.78 is 55.6. The van der Waals surface area contributed by atoms with E-state index in [2.05, 4.69) is 44.8 Å². The zero-order chi connectivity index (χ0) is 31.9. The van der Waals surface area contributed by atoms with Crippen molar-refractivity contribution in [2.24, 2.45) is 5.41 Å². The van der Waals surface area contributed by atoms with Crippen LogP contribution in [0.1, 0.15) is 49.8 Å². The van der Waals surface area contributed by atoms with Crippen molar-refractivity contribution in [3.63, 3.8) is 0 Å². The first-order valence-electron chi connectivity index (χ1n) is 13.6. The lowest BCUT2D eigenvalue weighted by Gasteiger charge is -2.34. The van der Waals surface area contributed by atoms with E-state index in [0.29, 0.717) is 28.7 Å². The van der Waals surface area contributed by atoms with E-state index in [4.69, 9.17) is 7.85 Å². The number of alkyl halides is 3. The van der Waals surface area contributed by atoms with Crippen molar-refractivity contribution in [2.45, 2.75) is 50.3 Å². The molecule has 1 atom stereocenters. The minimum absolute atomic E-state index is 0.0961. The third-order valence-electron chi connectivity index (χ3n) is 7.86. The molecule has 1 aliphatic carbocycles. The summed E-state index contributed by atoms with van der Waals surface area (Å²) in [6.07, 6.45) is -1.90. The Bertz CT molecular complexity index is 1760. The molecule has 44 heavy (non-hydrogen) atoms. The van der Waals surface area contributed by atoms with Gasteiger partial charge in [0, 0.05) is 36.4 Å². The van der Waals surface area contributed by atoms with Gasteiger partial charge >= 0.3 is 6.18 Å². The van der Waals surface area contributed by atoms with Crippen molar-refractivity contribution >= 4 is 30.1 Å². The van der Waals surface area contributed by atoms with Crippen LogP contribution in [0.4, 0.5) is 28.9 Å². The Kier molecular flexibility index (Phi) is 7.57. The maximum atomic E-state index is 13.9. The second kappa shape index (κ2) is 10.9. The maximum Gasteiger partial charge on any atom is 0.413 e. The molecular weight excluding hydrogens is 573 g/mol. The molecule has 0 amide bonds. The van der Waals surface area contributed by atoms with Crippen LogP contribution >= 0.6 is 0 Å². The molecule has 0 saturated heterocycles. The van der Waals surface area contributed by atoms with Gasteiger partial charge in [0.05, 0.1) is 39.5 Å². The molecule has 1 aliphatic heterocycles. The van der Waals surface area contributed by atoms with E-state index in [1.165, 1.54) is 42.7 Å². The highest BCUT2D eigenvalue weighted by Crippen LogP contribution is 2.54. The minimum Gasteiger partial charge on any atom is -0.383 e.